The summed E-state index contributed by atoms with van der Waals surface area (Å²) in [7, 11) is 0. The van der Waals surface area contributed by atoms with Gasteiger partial charge in [0.15, 0.2) is 0 Å². The largest absolute Gasteiger partial charge is 0.445 e. The van der Waals surface area contributed by atoms with E-state index in [1.807, 2.05) is 25.1 Å². The number of benzene rings is 2. The number of anilines is 1. The van der Waals surface area contributed by atoms with Crippen LogP contribution in [0.25, 0.3) is 22.7 Å². The molecule has 29 heavy (non-hydrogen) atoms. The van der Waals surface area contributed by atoms with E-state index >= 15 is 0 Å². The fraction of sp³-hybridized carbons (Fsp3) is 0.0455. The van der Waals surface area contributed by atoms with E-state index in [9.17, 15) is 13.6 Å². The van der Waals surface area contributed by atoms with Gasteiger partial charge in [0.2, 0.25) is 5.89 Å². The molecule has 0 spiro atoms. The molecule has 0 bridgehead atoms. The minimum Gasteiger partial charge on any atom is -0.445 e. The van der Waals surface area contributed by atoms with Crippen LogP contribution in [0.3, 0.4) is 0 Å². The Morgan fingerprint density at radius 2 is 1.83 bits per heavy atom. The second kappa shape index (κ2) is 7.63. The lowest BCUT2D eigenvalue weighted by molar-refractivity contribution is 0.101. The van der Waals surface area contributed by atoms with Crippen molar-refractivity contribution in [1.82, 2.24) is 9.97 Å². The first kappa shape index (κ1) is 18.5. The van der Waals surface area contributed by atoms with Gasteiger partial charge in [0.25, 0.3) is 5.91 Å². The van der Waals surface area contributed by atoms with E-state index in [2.05, 4.69) is 15.3 Å². The SMILES string of the molecule is Cc1ccc(-c2ncco2)cc1-c1ccc(NC(=O)c2c(F)cccc2F)cn1. The Balaban J connectivity index is 1.59. The average Bonchev–Trinajstić information content (AvgIpc) is 3.24. The van der Waals surface area contributed by atoms with Crippen molar-refractivity contribution in [3.05, 3.63) is 89.9 Å². The number of amides is 1. The minimum absolute atomic E-state index is 0.322. The van der Waals surface area contributed by atoms with E-state index in [1.54, 1.807) is 18.3 Å². The summed E-state index contributed by atoms with van der Waals surface area (Å²) in [4.78, 5) is 20.7. The van der Waals surface area contributed by atoms with Gasteiger partial charge >= 0.3 is 0 Å². The number of pyridine rings is 1. The molecule has 7 heteroatoms. The summed E-state index contributed by atoms with van der Waals surface area (Å²) < 4.78 is 32.9. The standard InChI is InChI=1S/C22H15F2N3O2/c1-13-5-6-14(22-25-9-10-29-22)11-16(13)19-8-7-15(12-26-19)27-21(28)20-17(23)3-2-4-18(20)24/h2-12H,1H3,(H,27,28). The lowest BCUT2D eigenvalue weighted by Crippen LogP contribution is -2.15. The zero-order valence-electron chi connectivity index (χ0n) is 15.3. The molecule has 5 nitrogen and oxygen atoms in total. The zero-order chi connectivity index (χ0) is 20.4. The zero-order valence-corrected chi connectivity index (χ0v) is 15.3. The fourth-order valence-corrected chi connectivity index (χ4v) is 2.93. The molecule has 4 rings (SSSR count). The number of oxazole rings is 1. The van der Waals surface area contributed by atoms with E-state index in [0.29, 0.717) is 17.3 Å². The molecular weight excluding hydrogens is 376 g/mol. The van der Waals surface area contributed by atoms with Gasteiger partial charge in [-0.15, -0.1) is 0 Å². The summed E-state index contributed by atoms with van der Waals surface area (Å²) in [6.07, 6.45) is 4.51. The van der Waals surface area contributed by atoms with Gasteiger partial charge in [0.1, 0.15) is 23.5 Å². The Bertz CT molecular complexity index is 1150. The molecule has 0 saturated heterocycles. The molecule has 2 aromatic carbocycles. The first-order valence-corrected chi connectivity index (χ1v) is 8.75. The van der Waals surface area contributed by atoms with Crippen LogP contribution < -0.4 is 5.32 Å². The van der Waals surface area contributed by atoms with Crippen LogP contribution in [0.2, 0.25) is 0 Å². The van der Waals surface area contributed by atoms with E-state index in [0.717, 1.165) is 28.8 Å². The number of nitrogens with zero attached hydrogens (tertiary/aromatic N) is 2. The van der Waals surface area contributed by atoms with E-state index in [-0.39, 0.29) is 0 Å². The minimum atomic E-state index is -0.925. The summed E-state index contributed by atoms with van der Waals surface area (Å²) in [5.41, 5.74) is 3.04. The normalized spacial score (nSPS) is 10.7. The van der Waals surface area contributed by atoms with Crippen LogP contribution in [0.1, 0.15) is 15.9 Å². The van der Waals surface area contributed by atoms with E-state index < -0.39 is 23.1 Å². The second-order valence-electron chi connectivity index (χ2n) is 6.35. The van der Waals surface area contributed by atoms with Gasteiger partial charge in [-0.05, 0) is 48.9 Å². The first-order valence-electron chi connectivity index (χ1n) is 8.75. The van der Waals surface area contributed by atoms with Crippen LogP contribution in [-0.4, -0.2) is 15.9 Å². The van der Waals surface area contributed by atoms with Gasteiger partial charge in [0, 0.05) is 11.1 Å². The molecule has 2 aromatic heterocycles. The number of rotatable bonds is 4. The molecule has 2 heterocycles. The number of hydrogen-bond donors (Lipinski definition) is 1. The molecule has 0 aliphatic heterocycles. The second-order valence-corrected chi connectivity index (χ2v) is 6.35. The summed E-state index contributed by atoms with van der Waals surface area (Å²) >= 11 is 0. The Morgan fingerprint density at radius 3 is 2.48 bits per heavy atom. The first-order chi connectivity index (χ1) is 14.0. The van der Waals surface area contributed by atoms with Crippen LogP contribution >= 0.6 is 0 Å². The number of aromatic nitrogens is 2. The van der Waals surface area contributed by atoms with Crippen LogP contribution in [0.4, 0.5) is 14.5 Å². The van der Waals surface area contributed by atoms with Gasteiger partial charge in [-0.2, -0.15) is 0 Å². The number of carbonyl (C=O) groups is 1. The molecule has 144 valence electrons. The highest BCUT2D eigenvalue weighted by Gasteiger charge is 2.17. The van der Waals surface area contributed by atoms with Crippen LogP contribution in [0.15, 0.2) is 71.6 Å². The van der Waals surface area contributed by atoms with Crippen molar-refractivity contribution in [3.63, 3.8) is 0 Å². The van der Waals surface area contributed by atoms with Crippen molar-refractivity contribution >= 4 is 11.6 Å². The predicted molar refractivity (Wildman–Crippen MR) is 104 cm³/mol. The Labute approximate surface area is 165 Å². The van der Waals surface area contributed by atoms with E-state index in [4.69, 9.17) is 4.42 Å². The number of carbonyl (C=O) groups excluding carboxylic acids is 1. The average molecular weight is 391 g/mol. The number of halogens is 2. The molecule has 0 atom stereocenters. The maximum absolute atomic E-state index is 13.8. The lowest BCUT2D eigenvalue weighted by Gasteiger charge is -2.10. The summed E-state index contributed by atoms with van der Waals surface area (Å²) in [6.45, 7) is 1.95. The van der Waals surface area contributed by atoms with Gasteiger partial charge in [-0.25, -0.2) is 13.8 Å². The monoisotopic (exact) mass is 391 g/mol. The van der Waals surface area contributed by atoms with E-state index in [1.165, 1.54) is 18.5 Å². The molecule has 4 aromatic rings. The van der Waals surface area contributed by atoms with Crippen molar-refractivity contribution in [2.24, 2.45) is 0 Å². The van der Waals surface area contributed by atoms with Crippen molar-refractivity contribution < 1.29 is 18.0 Å². The highest BCUT2D eigenvalue weighted by Crippen LogP contribution is 2.28. The van der Waals surface area contributed by atoms with Gasteiger partial charge in [-0.1, -0.05) is 12.1 Å². The highest BCUT2D eigenvalue weighted by molar-refractivity contribution is 6.04. The molecular formula is C22H15F2N3O2. The predicted octanol–water partition coefficient (Wildman–Crippen LogP) is 5.24. The molecule has 0 unspecified atom stereocenters. The van der Waals surface area contributed by atoms with Crippen molar-refractivity contribution in [3.8, 4) is 22.7 Å². The summed E-state index contributed by atoms with van der Waals surface area (Å²) in [5, 5.41) is 2.46. The third-order valence-corrected chi connectivity index (χ3v) is 4.40. The molecule has 0 fully saturated rings. The quantitative estimate of drug-likeness (QED) is 0.516. The summed E-state index contributed by atoms with van der Waals surface area (Å²) in [6, 6.07) is 12.4. The number of aryl methyl sites for hydroxylation is 1. The fourth-order valence-electron chi connectivity index (χ4n) is 2.93. The van der Waals surface area contributed by atoms with Gasteiger partial charge in [0.05, 0.1) is 23.8 Å². The number of hydrogen-bond acceptors (Lipinski definition) is 4. The molecule has 0 aliphatic rings. The lowest BCUT2D eigenvalue weighted by atomic mass is 10.0. The molecule has 0 saturated carbocycles. The Hall–Kier alpha value is -3.87. The molecule has 1 amide bonds. The van der Waals surface area contributed by atoms with Gasteiger partial charge in [-0.3, -0.25) is 9.78 Å². The molecule has 0 aliphatic carbocycles. The smallest absolute Gasteiger partial charge is 0.261 e. The topological polar surface area (TPSA) is 68.0 Å². The summed E-state index contributed by atoms with van der Waals surface area (Å²) in [5.74, 6) is -2.23. The Kier molecular flexibility index (Phi) is 4.87. The molecule has 0 radical (unpaired) electrons. The van der Waals surface area contributed by atoms with Crippen LogP contribution in [0.5, 0.6) is 0 Å². The van der Waals surface area contributed by atoms with Crippen molar-refractivity contribution in [2.45, 2.75) is 6.92 Å². The third-order valence-electron chi connectivity index (χ3n) is 4.40. The Morgan fingerprint density at radius 1 is 1.03 bits per heavy atom. The van der Waals surface area contributed by atoms with Crippen molar-refractivity contribution in [1.29, 1.82) is 0 Å². The van der Waals surface area contributed by atoms with Gasteiger partial charge < -0.3 is 9.73 Å². The number of nitrogens with one attached hydrogen (secondary N) is 1. The van der Waals surface area contributed by atoms with Crippen LogP contribution in [0, 0.1) is 18.6 Å². The third kappa shape index (κ3) is 3.75. The maximum Gasteiger partial charge on any atom is 0.261 e. The maximum atomic E-state index is 13.8. The van der Waals surface area contributed by atoms with Crippen LogP contribution in [-0.2, 0) is 0 Å². The molecule has 1 N–H and O–H groups in total. The highest BCUT2D eigenvalue weighted by atomic mass is 19.1. The van der Waals surface area contributed by atoms with Crippen molar-refractivity contribution in [2.75, 3.05) is 5.32 Å².